The summed E-state index contributed by atoms with van der Waals surface area (Å²) in [4.78, 5) is 13.3. The average Bonchev–Trinajstić information content (AvgIpc) is 2.43. The highest BCUT2D eigenvalue weighted by Crippen LogP contribution is 2.24. The maximum Gasteiger partial charge on any atom is 0.254 e. The van der Waals surface area contributed by atoms with Gasteiger partial charge in [-0.2, -0.15) is 0 Å². The van der Waals surface area contributed by atoms with Crippen LogP contribution >= 0.6 is 12.4 Å². The van der Waals surface area contributed by atoms with Crippen LogP contribution in [0.3, 0.4) is 0 Å². The van der Waals surface area contributed by atoms with E-state index in [0.29, 0.717) is 13.1 Å². The van der Waals surface area contributed by atoms with Gasteiger partial charge in [0.15, 0.2) is 0 Å². The molecule has 0 aliphatic carbocycles. The van der Waals surface area contributed by atoms with Crippen molar-refractivity contribution < 1.29 is 4.79 Å². The average molecular weight is 213 g/mol. The number of nitrogens with zero attached hydrogens (tertiary/aromatic N) is 1. The number of hydrogen-bond donors (Lipinski definition) is 1. The molecule has 76 valence electrons. The lowest BCUT2D eigenvalue weighted by Gasteiger charge is -2.05. The number of benzene rings is 1. The van der Waals surface area contributed by atoms with Gasteiger partial charge in [0.25, 0.3) is 5.91 Å². The van der Waals surface area contributed by atoms with Gasteiger partial charge in [-0.1, -0.05) is 12.1 Å². The maximum atomic E-state index is 11.5. The summed E-state index contributed by atoms with van der Waals surface area (Å²) >= 11 is 0. The topological polar surface area (TPSA) is 46.3 Å². The van der Waals surface area contributed by atoms with Crippen molar-refractivity contribution >= 4 is 18.3 Å². The van der Waals surface area contributed by atoms with E-state index < -0.39 is 0 Å². The normalized spacial score (nSPS) is 13.9. The van der Waals surface area contributed by atoms with Crippen LogP contribution in [-0.4, -0.2) is 17.9 Å². The largest absolute Gasteiger partial charge is 0.337 e. The number of carbonyl (C=O) groups is 1. The number of rotatable bonds is 1. The summed E-state index contributed by atoms with van der Waals surface area (Å²) in [5.74, 6) is 0.102. The van der Waals surface area contributed by atoms with Crippen molar-refractivity contribution in [1.29, 1.82) is 0 Å². The molecule has 0 aromatic heterocycles. The molecule has 1 amide bonds. The molecule has 1 aliphatic rings. The minimum Gasteiger partial charge on any atom is -0.337 e. The molecule has 0 fully saturated rings. The lowest BCUT2D eigenvalue weighted by atomic mass is 10.0. The first kappa shape index (κ1) is 11.0. The molecule has 1 aliphatic heterocycles. The first-order valence-corrected chi connectivity index (χ1v) is 4.30. The van der Waals surface area contributed by atoms with Crippen molar-refractivity contribution in [2.45, 2.75) is 13.1 Å². The van der Waals surface area contributed by atoms with E-state index in [4.69, 9.17) is 5.73 Å². The number of nitrogens with two attached hydrogens (primary N) is 1. The van der Waals surface area contributed by atoms with Crippen molar-refractivity contribution in [3.05, 3.63) is 34.9 Å². The Labute approximate surface area is 89.3 Å². The molecule has 0 saturated heterocycles. The Morgan fingerprint density at radius 3 is 2.86 bits per heavy atom. The van der Waals surface area contributed by atoms with Crippen molar-refractivity contribution in [3.63, 3.8) is 0 Å². The molecule has 0 saturated carbocycles. The molecule has 0 atom stereocenters. The van der Waals surface area contributed by atoms with E-state index in [0.717, 1.165) is 16.7 Å². The standard InChI is InChI=1S/C10H12N2O.ClH/c1-12-6-9-7(5-11)3-2-4-8(9)10(12)13;/h2-4H,5-6,11H2,1H3;1H. The second-order valence-electron chi connectivity index (χ2n) is 3.31. The Morgan fingerprint density at radius 2 is 2.21 bits per heavy atom. The van der Waals surface area contributed by atoms with Crippen LogP contribution in [0.5, 0.6) is 0 Å². The quantitative estimate of drug-likeness (QED) is 0.759. The van der Waals surface area contributed by atoms with Crippen LogP contribution in [0.2, 0.25) is 0 Å². The zero-order valence-electron chi connectivity index (χ0n) is 7.99. The Balaban J connectivity index is 0.000000980. The highest BCUT2D eigenvalue weighted by atomic mass is 35.5. The van der Waals surface area contributed by atoms with E-state index in [9.17, 15) is 4.79 Å². The van der Waals surface area contributed by atoms with E-state index in [1.54, 1.807) is 4.90 Å². The van der Waals surface area contributed by atoms with Gasteiger partial charge in [0.2, 0.25) is 0 Å². The highest BCUT2D eigenvalue weighted by Gasteiger charge is 2.25. The number of hydrogen-bond acceptors (Lipinski definition) is 2. The first-order valence-electron chi connectivity index (χ1n) is 4.30. The van der Waals surface area contributed by atoms with Crippen LogP contribution in [0, 0.1) is 0 Å². The van der Waals surface area contributed by atoms with E-state index in [1.165, 1.54) is 0 Å². The third-order valence-corrected chi connectivity index (χ3v) is 2.47. The first-order chi connectivity index (χ1) is 6.24. The second-order valence-corrected chi connectivity index (χ2v) is 3.31. The number of carbonyl (C=O) groups excluding carboxylic acids is 1. The fourth-order valence-electron chi connectivity index (χ4n) is 1.73. The Kier molecular flexibility index (Phi) is 3.13. The van der Waals surface area contributed by atoms with Gasteiger partial charge in [0, 0.05) is 25.7 Å². The number of fused-ring (bicyclic) bond motifs is 1. The molecule has 0 unspecified atom stereocenters. The zero-order chi connectivity index (χ0) is 9.42. The fraction of sp³-hybridized carbons (Fsp3) is 0.300. The third-order valence-electron chi connectivity index (χ3n) is 2.47. The predicted molar refractivity (Wildman–Crippen MR) is 57.4 cm³/mol. The molecule has 0 bridgehead atoms. The molecule has 14 heavy (non-hydrogen) atoms. The fourth-order valence-corrected chi connectivity index (χ4v) is 1.73. The highest BCUT2D eigenvalue weighted by molar-refractivity contribution is 5.98. The molecule has 4 heteroatoms. The van der Waals surface area contributed by atoms with Gasteiger partial charge in [-0.3, -0.25) is 4.79 Å². The van der Waals surface area contributed by atoms with Crippen LogP contribution in [0.1, 0.15) is 21.5 Å². The van der Waals surface area contributed by atoms with Crippen molar-refractivity contribution in [1.82, 2.24) is 4.90 Å². The summed E-state index contributed by atoms with van der Waals surface area (Å²) in [7, 11) is 1.81. The molecule has 3 nitrogen and oxygen atoms in total. The van der Waals surface area contributed by atoms with Crippen LogP contribution in [0.25, 0.3) is 0 Å². The third kappa shape index (κ3) is 1.49. The van der Waals surface area contributed by atoms with E-state index >= 15 is 0 Å². The summed E-state index contributed by atoms with van der Waals surface area (Å²) in [6.07, 6.45) is 0. The lowest BCUT2D eigenvalue weighted by Crippen LogP contribution is -2.17. The molecule has 1 aromatic rings. The van der Waals surface area contributed by atoms with Gasteiger partial charge in [0.05, 0.1) is 0 Å². The Hall–Kier alpha value is -1.06. The van der Waals surface area contributed by atoms with Crippen molar-refractivity contribution in [3.8, 4) is 0 Å². The maximum absolute atomic E-state index is 11.5. The van der Waals surface area contributed by atoms with Crippen molar-refractivity contribution in [2.75, 3.05) is 7.05 Å². The van der Waals surface area contributed by atoms with Crippen LogP contribution in [0.15, 0.2) is 18.2 Å². The van der Waals surface area contributed by atoms with E-state index in [1.807, 2.05) is 25.2 Å². The molecule has 1 heterocycles. The summed E-state index contributed by atoms with van der Waals surface area (Å²) in [5, 5.41) is 0. The summed E-state index contributed by atoms with van der Waals surface area (Å²) in [6, 6.07) is 5.73. The Morgan fingerprint density at radius 1 is 1.50 bits per heavy atom. The summed E-state index contributed by atoms with van der Waals surface area (Å²) in [5.41, 5.74) is 8.57. The molecule has 2 rings (SSSR count). The lowest BCUT2D eigenvalue weighted by molar-refractivity contribution is 0.0816. The van der Waals surface area contributed by atoms with E-state index in [-0.39, 0.29) is 18.3 Å². The molecule has 1 aromatic carbocycles. The number of halogens is 1. The van der Waals surface area contributed by atoms with Crippen LogP contribution in [-0.2, 0) is 13.1 Å². The van der Waals surface area contributed by atoms with Crippen LogP contribution < -0.4 is 5.73 Å². The molecular weight excluding hydrogens is 200 g/mol. The summed E-state index contributed by atoms with van der Waals surface area (Å²) < 4.78 is 0. The Bertz CT molecular complexity index is 365. The number of amides is 1. The molecule has 2 N–H and O–H groups in total. The van der Waals surface area contributed by atoms with Crippen LogP contribution in [0.4, 0.5) is 0 Å². The van der Waals surface area contributed by atoms with Gasteiger partial charge in [-0.05, 0) is 17.2 Å². The van der Waals surface area contributed by atoms with Gasteiger partial charge < -0.3 is 10.6 Å². The smallest absolute Gasteiger partial charge is 0.254 e. The van der Waals surface area contributed by atoms with Gasteiger partial charge in [-0.15, -0.1) is 12.4 Å². The predicted octanol–water partition coefficient (Wildman–Crippen LogP) is 1.15. The minimum absolute atomic E-state index is 0. The molecule has 0 radical (unpaired) electrons. The molecule has 0 spiro atoms. The van der Waals surface area contributed by atoms with Gasteiger partial charge in [-0.25, -0.2) is 0 Å². The van der Waals surface area contributed by atoms with Gasteiger partial charge in [0.1, 0.15) is 0 Å². The van der Waals surface area contributed by atoms with Crippen molar-refractivity contribution in [2.24, 2.45) is 5.73 Å². The SMILES string of the molecule is CN1Cc2c(CN)cccc2C1=O.Cl. The monoisotopic (exact) mass is 212 g/mol. The zero-order valence-corrected chi connectivity index (χ0v) is 8.80. The van der Waals surface area contributed by atoms with Gasteiger partial charge >= 0.3 is 0 Å². The second kappa shape index (κ2) is 3.98. The van der Waals surface area contributed by atoms with E-state index in [2.05, 4.69) is 0 Å². The molecular formula is C10H13ClN2O. The summed E-state index contributed by atoms with van der Waals surface area (Å²) in [6.45, 7) is 1.20. The minimum atomic E-state index is 0.